The number of hydrogen-bond donors (Lipinski definition) is 1. The van der Waals surface area contributed by atoms with Gasteiger partial charge in [0, 0.05) is 30.5 Å². The number of nitrogens with zero attached hydrogens (tertiary/aromatic N) is 4. The lowest BCUT2D eigenvalue weighted by molar-refractivity contribution is 0.0534. The average molecular weight is 315 g/mol. The molecule has 23 heavy (non-hydrogen) atoms. The molecule has 2 aromatic heterocycles. The summed E-state index contributed by atoms with van der Waals surface area (Å²) in [5.74, 6) is 0.00924. The maximum absolute atomic E-state index is 13.1. The van der Waals surface area contributed by atoms with E-state index in [0.29, 0.717) is 24.3 Å². The van der Waals surface area contributed by atoms with Crippen LogP contribution in [0.2, 0.25) is 0 Å². The molecular weight excluding hydrogens is 290 g/mol. The fraction of sp³-hybridized carbons (Fsp3) is 0.588. The molecule has 6 nitrogen and oxygen atoms in total. The molecule has 124 valence electrons. The van der Waals surface area contributed by atoms with Gasteiger partial charge in [0.1, 0.15) is 5.56 Å². The van der Waals surface area contributed by atoms with Crippen molar-refractivity contribution in [3.63, 3.8) is 0 Å². The standard InChI is InChI=1S/C17H25N5O/c1-10-8-11(2)22-15(19-10)14(12(3)20-22)16(23)21-7-6-13(18)17(4,5)9-21/h8,13H,6-7,9,18H2,1-5H3. The van der Waals surface area contributed by atoms with Gasteiger partial charge in [-0.1, -0.05) is 13.8 Å². The molecule has 0 aromatic carbocycles. The summed E-state index contributed by atoms with van der Waals surface area (Å²) in [7, 11) is 0. The van der Waals surface area contributed by atoms with Gasteiger partial charge in [-0.3, -0.25) is 4.79 Å². The number of amides is 1. The third-order valence-corrected chi connectivity index (χ3v) is 4.88. The Morgan fingerprint density at radius 3 is 2.70 bits per heavy atom. The molecule has 1 saturated heterocycles. The Labute approximate surface area is 136 Å². The maximum atomic E-state index is 13.1. The second-order valence-electron chi connectivity index (χ2n) is 7.35. The van der Waals surface area contributed by atoms with Crippen LogP contribution in [0, 0.1) is 26.2 Å². The van der Waals surface area contributed by atoms with Crippen molar-refractivity contribution in [1.29, 1.82) is 0 Å². The molecule has 1 aliphatic rings. The van der Waals surface area contributed by atoms with Crippen LogP contribution in [0.25, 0.3) is 5.65 Å². The molecule has 1 unspecified atom stereocenters. The first kappa shape index (κ1) is 15.9. The lowest BCUT2D eigenvalue weighted by Gasteiger charge is -2.42. The highest BCUT2D eigenvalue weighted by Gasteiger charge is 2.37. The topological polar surface area (TPSA) is 76.5 Å². The molecule has 3 heterocycles. The summed E-state index contributed by atoms with van der Waals surface area (Å²) < 4.78 is 1.76. The van der Waals surface area contributed by atoms with Crippen LogP contribution in [0.5, 0.6) is 0 Å². The van der Waals surface area contributed by atoms with Gasteiger partial charge in [0.05, 0.1) is 5.69 Å². The third-order valence-electron chi connectivity index (χ3n) is 4.88. The second-order valence-corrected chi connectivity index (χ2v) is 7.35. The molecule has 0 saturated carbocycles. The number of nitrogens with two attached hydrogens (primary N) is 1. The van der Waals surface area contributed by atoms with Gasteiger partial charge in [-0.15, -0.1) is 0 Å². The highest BCUT2D eigenvalue weighted by atomic mass is 16.2. The predicted octanol–water partition coefficient (Wildman–Crippen LogP) is 1.85. The normalized spacial score (nSPS) is 21.0. The zero-order chi connectivity index (χ0) is 16.9. The number of hydrogen-bond acceptors (Lipinski definition) is 4. The van der Waals surface area contributed by atoms with E-state index >= 15 is 0 Å². The zero-order valence-corrected chi connectivity index (χ0v) is 14.6. The first-order chi connectivity index (χ1) is 10.7. The number of fused-ring (bicyclic) bond motifs is 1. The van der Waals surface area contributed by atoms with Crippen molar-refractivity contribution < 1.29 is 4.79 Å². The quantitative estimate of drug-likeness (QED) is 0.871. The molecule has 1 aliphatic heterocycles. The monoisotopic (exact) mass is 315 g/mol. The highest BCUT2D eigenvalue weighted by Crippen LogP contribution is 2.29. The van der Waals surface area contributed by atoms with Crippen LogP contribution in [0.3, 0.4) is 0 Å². The van der Waals surface area contributed by atoms with Gasteiger partial charge in [-0.25, -0.2) is 9.50 Å². The summed E-state index contributed by atoms with van der Waals surface area (Å²) in [6, 6.07) is 2.09. The van der Waals surface area contributed by atoms with Crippen molar-refractivity contribution in [2.24, 2.45) is 11.1 Å². The van der Waals surface area contributed by atoms with Crippen molar-refractivity contribution in [2.75, 3.05) is 13.1 Å². The summed E-state index contributed by atoms with van der Waals surface area (Å²) in [6.07, 6.45) is 0.822. The molecule has 6 heteroatoms. The van der Waals surface area contributed by atoms with E-state index in [2.05, 4.69) is 23.9 Å². The molecule has 0 bridgehead atoms. The highest BCUT2D eigenvalue weighted by molar-refractivity contribution is 6.01. The van der Waals surface area contributed by atoms with E-state index in [1.54, 1.807) is 4.52 Å². The third kappa shape index (κ3) is 2.61. The predicted molar refractivity (Wildman–Crippen MR) is 89.5 cm³/mol. The fourth-order valence-corrected chi connectivity index (χ4v) is 3.38. The molecule has 1 amide bonds. The van der Waals surface area contributed by atoms with Gasteiger partial charge in [-0.2, -0.15) is 5.10 Å². The first-order valence-electron chi connectivity index (χ1n) is 8.09. The Balaban J connectivity index is 2.03. The Bertz CT molecular complexity index is 777. The van der Waals surface area contributed by atoms with E-state index in [-0.39, 0.29) is 17.4 Å². The average Bonchev–Trinajstić information content (AvgIpc) is 2.77. The van der Waals surface area contributed by atoms with Gasteiger partial charge in [0.15, 0.2) is 5.65 Å². The van der Waals surface area contributed by atoms with Crippen LogP contribution in [-0.2, 0) is 0 Å². The van der Waals surface area contributed by atoms with Gasteiger partial charge in [0.2, 0.25) is 0 Å². The van der Waals surface area contributed by atoms with E-state index < -0.39 is 0 Å². The van der Waals surface area contributed by atoms with Crippen molar-refractivity contribution in [1.82, 2.24) is 19.5 Å². The minimum absolute atomic E-state index is 0.00924. The van der Waals surface area contributed by atoms with E-state index in [4.69, 9.17) is 5.73 Å². The molecule has 2 N–H and O–H groups in total. The summed E-state index contributed by atoms with van der Waals surface area (Å²) in [4.78, 5) is 19.6. The van der Waals surface area contributed by atoms with Gasteiger partial charge < -0.3 is 10.6 Å². The Morgan fingerprint density at radius 1 is 1.35 bits per heavy atom. The molecule has 0 aliphatic carbocycles. The molecule has 0 radical (unpaired) electrons. The van der Waals surface area contributed by atoms with Crippen LogP contribution in [0.4, 0.5) is 0 Å². The number of likely N-dealkylation sites (tertiary alicyclic amines) is 1. The summed E-state index contributed by atoms with van der Waals surface area (Å²) in [6.45, 7) is 11.4. The number of carbonyl (C=O) groups excluding carboxylic acids is 1. The molecule has 1 atom stereocenters. The van der Waals surface area contributed by atoms with Crippen LogP contribution >= 0.6 is 0 Å². The lowest BCUT2D eigenvalue weighted by atomic mass is 9.79. The van der Waals surface area contributed by atoms with E-state index in [1.807, 2.05) is 31.7 Å². The Hall–Kier alpha value is -1.95. The maximum Gasteiger partial charge on any atom is 0.259 e. The summed E-state index contributed by atoms with van der Waals surface area (Å²) in [5, 5.41) is 4.50. The van der Waals surface area contributed by atoms with Gasteiger partial charge in [0.25, 0.3) is 5.91 Å². The largest absolute Gasteiger partial charge is 0.338 e. The first-order valence-corrected chi connectivity index (χ1v) is 8.09. The molecule has 1 fully saturated rings. The number of aromatic nitrogens is 3. The summed E-state index contributed by atoms with van der Waals surface area (Å²) in [5.41, 5.74) is 9.97. The van der Waals surface area contributed by atoms with Gasteiger partial charge >= 0.3 is 0 Å². The van der Waals surface area contributed by atoms with Crippen molar-refractivity contribution in [2.45, 2.75) is 47.1 Å². The second kappa shape index (κ2) is 5.30. The smallest absolute Gasteiger partial charge is 0.259 e. The van der Waals surface area contributed by atoms with E-state index in [9.17, 15) is 4.79 Å². The van der Waals surface area contributed by atoms with Crippen LogP contribution < -0.4 is 5.73 Å². The number of carbonyl (C=O) groups is 1. The van der Waals surface area contributed by atoms with Crippen LogP contribution in [-0.4, -0.2) is 44.5 Å². The zero-order valence-electron chi connectivity index (χ0n) is 14.6. The Kier molecular flexibility index (Phi) is 3.67. The number of rotatable bonds is 1. The minimum atomic E-state index is -0.0793. The number of aryl methyl sites for hydroxylation is 3. The van der Waals surface area contributed by atoms with Crippen LogP contribution in [0.1, 0.15) is 47.7 Å². The Morgan fingerprint density at radius 2 is 2.04 bits per heavy atom. The fourth-order valence-electron chi connectivity index (χ4n) is 3.38. The van der Waals surface area contributed by atoms with Crippen molar-refractivity contribution in [3.05, 3.63) is 28.7 Å². The van der Waals surface area contributed by atoms with Crippen molar-refractivity contribution >= 4 is 11.6 Å². The number of piperidine rings is 1. The van der Waals surface area contributed by atoms with E-state index in [1.165, 1.54) is 0 Å². The molecule has 3 rings (SSSR count). The van der Waals surface area contributed by atoms with Gasteiger partial charge in [-0.05, 0) is 38.7 Å². The minimum Gasteiger partial charge on any atom is -0.338 e. The lowest BCUT2D eigenvalue weighted by Crippen LogP contribution is -2.54. The SMILES string of the molecule is Cc1cc(C)n2nc(C)c(C(=O)N3CCC(N)C(C)(C)C3)c2n1. The van der Waals surface area contributed by atoms with Crippen LogP contribution in [0.15, 0.2) is 6.07 Å². The molecule has 0 spiro atoms. The van der Waals surface area contributed by atoms with Crippen molar-refractivity contribution in [3.8, 4) is 0 Å². The molecular formula is C17H25N5O. The summed E-state index contributed by atoms with van der Waals surface area (Å²) >= 11 is 0. The molecule has 2 aromatic rings. The van der Waals surface area contributed by atoms with E-state index in [0.717, 1.165) is 23.5 Å².